The number of ether oxygens (including phenoxy) is 1. The Hall–Kier alpha value is -2.66. The van der Waals surface area contributed by atoms with Crippen LogP contribution in [-0.4, -0.2) is 61.8 Å². The summed E-state index contributed by atoms with van der Waals surface area (Å²) in [5, 5.41) is 16.8. The van der Waals surface area contributed by atoms with Crippen LogP contribution in [-0.2, 0) is 17.8 Å². The highest BCUT2D eigenvalue weighted by Gasteiger charge is 2.26. The lowest BCUT2D eigenvalue weighted by molar-refractivity contribution is 0.0295. The molecule has 0 spiro atoms. The maximum atomic E-state index is 13.2. The highest BCUT2D eigenvalue weighted by atomic mass is 35.5. The molecule has 1 aliphatic rings. The molecule has 3 heterocycles. The van der Waals surface area contributed by atoms with Gasteiger partial charge in [0.25, 0.3) is 5.91 Å². The summed E-state index contributed by atoms with van der Waals surface area (Å²) < 4.78 is 8.93. The Balaban J connectivity index is 1.50. The molecule has 0 radical (unpaired) electrons. The number of morpholine rings is 1. The van der Waals surface area contributed by atoms with Crippen LogP contribution in [0.2, 0.25) is 10.0 Å². The average molecular weight is 536 g/mol. The summed E-state index contributed by atoms with van der Waals surface area (Å²) in [7, 11) is 0. The van der Waals surface area contributed by atoms with Crippen molar-refractivity contribution < 1.29 is 9.53 Å². The van der Waals surface area contributed by atoms with Crippen molar-refractivity contribution in [3.8, 4) is 0 Å². The molecule has 1 fully saturated rings. The van der Waals surface area contributed by atoms with E-state index in [1.54, 1.807) is 21.8 Å². The van der Waals surface area contributed by atoms with Crippen molar-refractivity contribution in [2.75, 3.05) is 36.9 Å². The first-order valence-electron chi connectivity index (χ1n) is 11.3. The molecule has 0 aliphatic carbocycles. The van der Waals surface area contributed by atoms with Crippen molar-refractivity contribution >= 4 is 57.8 Å². The Labute approximate surface area is 219 Å². The molecule has 0 bridgehead atoms. The van der Waals surface area contributed by atoms with E-state index in [0.29, 0.717) is 65.9 Å². The van der Waals surface area contributed by atoms with E-state index in [4.69, 9.17) is 40.2 Å². The normalized spacial score (nSPS) is 13.7. The predicted octanol–water partition coefficient (Wildman–Crippen LogP) is 4.35. The van der Waals surface area contributed by atoms with E-state index in [9.17, 15) is 4.79 Å². The fraction of sp³-hybridized carbons (Fsp3) is 0.391. The van der Waals surface area contributed by atoms with Crippen LogP contribution in [0.15, 0.2) is 24.4 Å². The van der Waals surface area contributed by atoms with Crippen molar-refractivity contribution in [2.24, 2.45) is 0 Å². The highest BCUT2D eigenvalue weighted by molar-refractivity contribution is 7.80. The number of hydrogen-bond acceptors (Lipinski definition) is 5. The first-order chi connectivity index (χ1) is 16.8. The second-order valence-corrected chi connectivity index (χ2v) is 9.38. The number of hydrogen-bond donors (Lipinski definition) is 2. The lowest BCUT2D eigenvalue weighted by Gasteiger charge is -2.27. The van der Waals surface area contributed by atoms with Gasteiger partial charge in [-0.2, -0.15) is 10.2 Å². The van der Waals surface area contributed by atoms with E-state index in [1.807, 2.05) is 37.6 Å². The smallest absolute Gasteiger partial charge is 0.274 e. The number of nitrogens with zero attached hydrogens (tertiary/aromatic N) is 5. The first kappa shape index (κ1) is 25.4. The number of nitrogens with one attached hydrogen (secondary N) is 2. The molecule has 0 unspecified atom stereocenters. The Bertz CT molecular complexity index is 1250. The van der Waals surface area contributed by atoms with Gasteiger partial charge in [0.2, 0.25) is 0 Å². The van der Waals surface area contributed by atoms with Gasteiger partial charge in [-0.05, 0) is 50.7 Å². The summed E-state index contributed by atoms with van der Waals surface area (Å²) in [5.74, 6) is -0.0974. The Morgan fingerprint density at radius 1 is 1.14 bits per heavy atom. The fourth-order valence-electron chi connectivity index (χ4n) is 3.97. The molecule has 4 rings (SSSR count). The molecule has 9 nitrogen and oxygen atoms in total. The molecule has 1 saturated heterocycles. The molecule has 1 aliphatic heterocycles. The second kappa shape index (κ2) is 10.9. The fourth-order valence-corrected chi connectivity index (χ4v) is 4.50. The van der Waals surface area contributed by atoms with Gasteiger partial charge in [-0.25, -0.2) is 0 Å². The van der Waals surface area contributed by atoms with E-state index in [1.165, 1.54) is 0 Å². The van der Waals surface area contributed by atoms with Crippen molar-refractivity contribution in [2.45, 2.75) is 33.9 Å². The third-order valence-corrected chi connectivity index (χ3v) is 6.77. The number of carbonyl (C=O) groups is 1. The van der Waals surface area contributed by atoms with Gasteiger partial charge in [0.05, 0.1) is 58.8 Å². The van der Waals surface area contributed by atoms with Crippen LogP contribution in [0, 0.1) is 13.8 Å². The van der Waals surface area contributed by atoms with Crippen LogP contribution < -0.4 is 10.6 Å². The lowest BCUT2D eigenvalue weighted by Crippen LogP contribution is -2.41. The van der Waals surface area contributed by atoms with E-state index in [-0.39, 0.29) is 5.91 Å². The summed E-state index contributed by atoms with van der Waals surface area (Å²) in [6.07, 6.45) is 1.62. The topological polar surface area (TPSA) is 89.2 Å². The van der Waals surface area contributed by atoms with Crippen LogP contribution in [0.25, 0.3) is 0 Å². The quantitative estimate of drug-likeness (QED) is 0.453. The lowest BCUT2D eigenvalue weighted by atomic mass is 10.2. The number of thiocarbonyl (C=S) groups is 1. The average Bonchev–Trinajstić information content (AvgIpc) is 3.37. The van der Waals surface area contributed by atoms with Crippen molar-refractivity contribution in [3.63, 3.8) is 0 Å². The van der Waals surface area contributed by atoms with Gasteiger partial charge in [0.15, 0.2) is 5.11 Å². The molecule has 3 aromatic rings. The summed E-state index contributed by atoms with van der Waals surface area (Å²) in [6.45, 7) is 9.06. The molecule has 35 heavy (non-hydrogen) atoms. The molecule has 0 saturated carbocycles. The van der Waals surface area contributed by atoms with Crippen LogP contribution in [0.5, 0.6) is 0 Å². The van der Waals surface area contributed by atoms with Gasteiger partial charge in [-0.3, -0.25) is 14.2 Å². The van der Waals surface area contributed by atoms with Crippen molar-refractivity contribution in [1.29, 1.82) is 0 Å². The zero-order valence-electron chi connectivity index (χ0n) is 19.8. The minimum atomic E-state index is -0.0974. The minimum absolute atomic E-state index is 0.0974. The number of benzene rings is 1. The number of rotatable bonds is 6. The molecule has 1 amide bonds. The molecule has 2 aromatic heterocycles. The monoisotopic (exact) mass is 535 g/mol. The van der Waals surface area contributed by atoms with Gasteiger partial charge < -0.3 is 20.3 Å². The third-order valence-electron chi connectivity index (χ3n) is 5.82. The molecular weight excluding hydrogens is 509 g/mol. The minimum Gasteiger partial charge on any atom is -0.378 e. The number of aromatic nitrogens is 4. The van der Waals surface area contributed by atoms with E-state index in [2.05, 4.69) is 20.8 Å². The van der Waals surface area contributed by atoms with Gasteiger partial charge in [0.1, 0.15) is 5.69 Å². The zero-order chi connectivity index (χ0) is 25.1. The van der Waals surface area contributed by atoms with E-state index >= 15 is 0 Å². The van der Waals surface area contributed by atoms with E-state index < -0.39 is 0 Å². The second-order valence-electron chi connectivity index (χ2n) is 8.16. The standard InChI is InChI=1S/C23H27Cl2N7O2S/c1-4-31-21(22(33)30-7-9-34-10-8-30)19(12-26-31)27-23(35)28-20-14(2)29-32(15(20)3)13-16-5-6-17(24)18(25)11-16/h5-6,11-12H,4,7-10,13H2,1-3H3,(H2,27,28,35). The van der Waals surface area contributed by atoms with Gasteiger partial charge in [-0.1, -0.05) is 29.3 Å². The number of amides is 1. The number of carbonyl (C=O) groups excluding carboxylic acids is 1. The maximum Gasteiger partial charge on any atom is 0.274 e. The maximum absolute atomic E-state index is 13.2. The highest BCUT2D eigenvalue weighted by Crippen LogP contribution is 2.25. The third kappa shape index (κ3) is 5.61. The van der Waals surface area contributed by atoms with Crippen molar-refractivity contribution in [1.82, 2.24) is 24.5 Å². The molecular formula is C23H27Cl2N7O2S. The molecule has 1 aromatic carbocycles. The van der Waals surface area contributed by atoms with Gasteiger partial charge in [0, 0.05) is 19.6 Å². The summed E-state index contributed by atoms with van der Waals surface area (Å²) in [5.41, 5.74) is 4.51. The summed E-state index contributed by atoms with van der Waals surface area (Å²) in [4.78, 5) is 15.0. The summed E-state index contributed by atoms with van der Waals surface area (Å²) >= 11 is 17.8. The molecule has 0 atom stereocenters. The molecule has 186 valence electrons. The summed E-state index contributed by atoms with van der Waals surface area (Å²) in [6, 6.07) is 5.52. The largest absolute Gasteiger partial charge is 0.378 e. The predicted molar refractivity (Wildman–Crippen MR) is 142 cm³/mol. The van der Waals surface area contributed by atoms with Gasteiger partial charge in [-0.15, -0.1) is 0 Å². The number of halogens is 2. The molecule has 2 N–H and O–H groups in total. The molecule has 12 heteroatoms. The Morgan fingerprint density at radius 3 is 2.57 bits per heavy atom. The number of anilines is 2. The SMILES string of the molecule is CCn1ncc(NC(=S)Nc2c(C)nn(Cc3ccc(Cl)c(Cl)c3)c2C)c1C(=O)N1CCOCC1. The van der Waals surface area contributed by atoms with Crippen molar-refractivity contribution in [3.05, 3.63) is 57.1 Å². The number of aryl methyl sites for hydroxylation is 2. The van der Waals surface area contributed by atoms with Gasteiger partial charge >= 0.3 is 0 Å². The van der Waals surface area contributed by atoms with Crippen LogP contribution >= 0.6 is 35.4 Å². The van der Waals surface area contributed by atoms with Crippen LogP contribution in [0.1, 0.15) is 34.4 Å². The van der Waals surface area contributed by atoms with Crippen LogP contribution in [0.3, 0.4) is 0 Å². The van der Waals surface area contributed by atoms with Crippen LogP contribution in [0.4, 0.5) is 11.4 Å². The first-order valence-corrected chi connectivity index (χ1v) is 12.4. The van der Waals surface area contributed by atoms with E-state index in [0.717, 1.165) is 22.6 Å². The Morgan fingerprint density at radius 2 is 1.89 bits per heavy atom. The zero-order valence-corrected chi connectivity index (χ0v) is 22.1. The Kier molecular flexibility index (Phi) is 7.95.